The highest BCUT2D eigenvalue weighted by Gasteiger charge is 2.18. The summed E-state index contributed by atoms with van der Waals surface area (Å²) in [6.07, 6.45) is 1.49. The predicted octanol–water partition coefficient (Wildman–Crippen LogP) is 3.10. The predicted molar refractivity (Wildman–Crippen MR) is 117 cm³/mol. The number of hydrogen-bond acceptors (Lipinski definition) is 5. The molecule has 0 bridgehead atoms. The number of benzene rings is 2. The summed E-state index contributed by atoms with van der Waals surface area (Å²) < 4.78 is 14.2. The lowest BCUT2D eigenvalue weighted by Gasteiger charge is -2.11. The molecule has 1 aromatic heterocycles. The highest BCUT2D eigenvalue weighted by Crippen LogP contribution is 2.24. The van der Waals surface area contributed by atoms with Gasteiger partial charge in [-0.3, -0.25) is 19.1 Å². The summed E-state index contributed by atoms with van der Waals surface area (Å²) in [5.41, 5.74) is 1.43. The van der Waals surface area contributed by atoms with E-state index < -0.39 is 5.91 Å². The van der Waals surface area contributed by atoms with Crippen LogP contribution in [0.25, 0.3) is 5.69 Å². The molecule has 0 radical (unpaired) electrons. The molecular formula is C23H25N3O5. The number of aromatic nitrogens is 2. The summed E-state index contributed by atoms with van der Waals surface area (Å²) in [5.74, 6) is 0.278. The molecule has 0 aliphatic carbocycles. The van der Waals surface area contributed by atoms with Crippen LogP contribution >= 0.6 is 0 Å². The Morgan fingerprint density at radius 2 is 1.87 bits per heavy atom. The fourth-order valence-corrected chi connectivity index (χ4v) is 3.08. The van der Waals surface area contributed by atoms with Crippen molar-refractivity contribution < 1.29 is 19.1 Å². The first-order chi connectivity index (χ1) is 15.0. The van der Waals surface area contributed by atoms with Crippen LogP contribution < -0.4 is 20.3 Å². The third-order valence-electron chi connectivity index (χ3n) is 4.76. The number of aldehydes is 1. The lowest BCUT2D eigenvalue weighted by Crippen LogP contribution is -2.25. The first-order valence-electron chi connectivity index (χ1n) is 9.95. The van der Waals surface area contributed by atoms with Gasteiger partial charge in [-0.2, -0.15) is 0 Å². The van der Waals surface area contributed by atoms with Gasteiger partial charge in [0, 0.05) is 13.1 Å². The van der Waals surface area contributed by atoms with Crippen molar-refractivity contribution in [1.29, 1.82) is 0 Å². The summed E-state index contributed by atoms with van der Waals surface area (Å²) in [5, 5.41) is 2.63. The maximum absolute atomic E-state index is 12.9. The number of nitrogens with one attached hydrogen (secondary N) is 1. The fourth-order valence-electron chi connectivity index (χ4n) is 3.08. The van der Waals surface area contributed by atoms with Crippen molar-refractivity contribution in [3.05, 3.63) is 70.1 Å². The van der Waals surface area contributed by atoms with Crippen LogP contribution in [0.3, 0.4) is 0 Å². The summed E-state index contributed by atoms with van der Waals surface area (Å²) >= 11 is 0. The Balaban J connectivity index is 1.75. The lowest BCUT2D eigenvalue weighted by atomic mass is 10.2. The van der Waals surface area contributed by atoms with Crippen LogP contribution in [0.5, 0.6) is 11.5 Å². The van der Waals surface area contributed by atoms with E-state index in [0.29, 0.717) is 35.6 Å². The quantitative estimate of drug-likeness (QED) is 0.534. The average Bonchev–Trinajstić information content (AvgIpc) is 2.99. The molecule has 3 aromatic rings. The van der Waals surface area contributed by atoms with Crippen LogP contribution in [-0.2, 0) is 11.8 Å². The van der Waals surface area contributed by atoms with Gasteiger partial charge in [-0.05, 0) is 37.6 Å². The molecule has 0 fully saturated rings. The van der Waals surface area contributed by atoms with Crippen LogP contribution in [0.4, 0.5) is 5.69 Å². The van der Waals surface area contributed by atoms with E-state index in [0.717, 1.165) is 6.42 Å². The second-order valence-corrected chi connectivity index (χ2v) is 6.94. The molecule has 162 valence electrons. The van der Waals surface area contributed by atoms with Gasteiger partial charge in [-0.1, -0.05) is 25.1 Å². The van der Waals surface area contributed by atoms with Crippen LogP contribution in [-0.4, -0.2) is 34.8 Å². The lowest BCUT2D eigenvalue weighted by molar-refractivity contribution is -0.118. The molecule has 1 amide bonds. The van der Waals surface area contributed by atoms with E-state index in [1.165, 1.54) is 4.68 Å². The Morgan fingerprint density at radius 3 is 2.55 bits per heavy atom. The highest BCUT2D eigenvalue weighted by atomic mass is 16.5. The van der Waals surface area contributed by atoms with Gasteiger partial charge in [0.15, 0.2) is 12.9 Å². The standard InChI is InChI=1S/C23H25N3O5/c1-4-12-30-19-11-10-17(14-27)20(13-19)31-15-21(28)24-22-16(2)25(3)26(23(22)29)18-8-6-5-7-9-18/h5-11,13-14H,4,12,15H2,1-3H3,(H,24,28). The van der Waals surface area contributed by atoms with Gasteiger partial charge in [0.1, 0.15) is 17.2 Å². The molecule has 1 N–H and O–H groups in total. The number of nitrogens with zero attached hydrogens (tertiary/aromatic N) is 2. The number of hydrogen-bond donors (Lipinski definition) is 1. The van der Waals surface area contributed by atoms with Gasteiger partial charge in [-0.15, -0.1) is 0 Å². The third-order valence-corrected chi connectivity index (χ3v) is 4.76. The topological polar surface area (TPSA) is 91.6 Å². The molecule has 8 heteroatoms. The van der Waals surface area contributed by atoms with E-state index in [1.54, 1.807) is 36.9 Å². The van der Waals surface area contributed by atoms with Gasteiger partial charge in [0.25, 0.3) is 11.5 Å². The van der Waals surface area contributed by atoms with Crippen LogP contribution in [0, 0.1) is 6.92 Å². The minimum Gasteiger partial charge on any atom is -0.493 e. The Hall–Kier alpha value is -3.81. The average molecular weight is 423 g/mol. The number of anilines is 1. The largest absolute Gasteiger partial charge is 0.493 e. The number of carbonyl (C=O) groups excluding carboxylic acids is 2. The minimum absolute atomic E-state index is 0.176. The number of ether oxygens (including phenoxy) is 2. The van der Waals surface area contributed by atoms with E-state index in [4.69, 9.17) is 9.47 Å². The van der Waals surface area contributed by atoms with Crippen molar-refractivity contribution in [2.24, 2.45) is 7.05 Å². The van der Waals surface area contributed by atoms with Crippen molar-refractivity contribution in [3.8, 4) is 17.2 Å². The third kappa shape index (κ3) is 4.85. The van der Waals surface area contributed by atoms with Crippen molar-refractivity contribution in [1.82, 2.24) is 9.36 Å². The normalized spacial score (nSPS) is 10.5. The highest BCUT2D eigenvalue weighted by molar-refractivity contribution is 5.92. The van der Waals surface area contributed by atoms with E-state index in [2.05, 4.69) is 5.32 Å². The number of carbonyl (C=O) groups is 2. The van der Waals surface area contributed by atoms with Gasteiger partial charge < -0.3 is 14.8 Å². The number of amides is 1. The maximum Gasteiger partial charge on any atom is 0.295 e. The van der Waals surface area contributed by atoms with Gasteiger partial charge in [0.2, 0.25) is 0 Å². The molecule has 0 aliphatic heterocycles. The Bertz CT molecular complexity index is 1130. The van der Waals surface area contributed by atoms with Crippen LogP contribution in [0.2, 0.25) is 0 Å². The molecule has 0 atom stereocenters. The van der Waals surface area contributed by atoms with Gasteiger partial charge in [-0.25, -0.2) is 4.68 Å². The zero-order valence-corrected chi connectivity index (χ0v) is 17.8. The maximum atomic E-state index is 12.9. The zero-order valence-electron chi connectivity index (χ0n) is 17.8. The second kappa shape index (κ2) is 9.80. The van der Waals surface area contributed by atoms with Crippen molar-refractivity contribution in [2.75, 3.05) is 18.5 Å². The van der Waals surface area contributed by atoms with Gasteiger partial charge in [0.05, 0.1) is 23.6 Å². The number of para-hydroxylation sites is 1. The molecule has 0 unspecified atom stereocenters. The molecule has 0 saturated carbocycles. The van der Waals surface area contributed by atoms with Gasteiger partial charge >= 0.3 is 0 Å². The fraction of sp³-hybridized carbons (Fsp3) is 0.261. The molecule has 1 heterocycles. The molecule has 3 rings (SSSR count). The van der Waals surface area contributed by atoms with Crippen LogP contribution in [0.1, 0.15) is 29.4 Å². The molecule has 0 saturated heterocycles. The summed E-state index contributed by atoms with van der Waals surface area (Å²) in [6.45, 7) is 3.90. The Kier molecular flexibility index (Phi) is 6.92. The Morgan fingerprint density at radius 1 is 1.13 bits per heavy atom. The van der Waals surface area contributed by atoms with E-state index >= 15 is 0 Å². The smallest absolute Gasteiger partial charge is 0.295 e. The monoisotopic (exact) mass is 423 g/mol. The molecule has 0 spiro atoms. The second-order valence-electron chi connectivity index (χ2n) is 6.94. The summed E-state index contributed by atoms with van der Waals surface area (Å²) in [6, 6.07) is 14.0. The number of rotatable bonds is 9. The molecular weight excluding hydrogens is 398 g/mol. The van der Waals surface area contributed by atoms with Crippen LogP contribution in [0.15, 0.2) is 53.3 Å². The summed E-state index contributed by atoms with van der Waals surface area (Å²) in [7, 11) is 1.74. The summed E-state index contributed by atoms with van der Waals surface area (Å²) in [4.78, 5) is 36.7. The minimum atomic E-state index is -0.511. The van der Waals surface area contributed by atoms with Crippen molar-refractivity contribution in [2.45, 2.75) is 20.3 Å². The van der Waals surface area contributed by atoms with E-state index in [9.17, 15) is 14.4 Å². The SMILES string of the molecule is CCCOc1ccc(C=O)c(OCC(=O)Nc2c(C)n(C)n(-c3ccccc3)c2=O)c1. The Labute approximate surface area is 180 Å². The molecule has 8 nitrogen and oxygen atoms in total. The first-order valence-corrected chi connectivity index (χ1v) is 9.95. The molecule has 2 aromatic carbocycles. The van der Waals surface area contributed by atoms with Crippen molar-refractivity contribution >= 4 is 17.9 Å². The molecule has 31 heavy (non-hydrogen) atoms. The zero-order chi connectivity index (χ0) is 22.4. The van der Waals surface area contributed by atoms with Crippen molar-refractivity contribution in [3.63, 3.8) is 0 Å². The first kappa shape index (κ1) is 21.9. The molecule has 0 aliphatic rings. The van der Waals surface area contributed by atoms with E-state index in [1.807, 2.05) is 37.3 Å². The van der Waals surface area contributed by atoms with E-state index in [-0.39, 0.29) is 23.6 Å².